The van der Waals surface area contributed by atoms with Crippen LogP contribution in [0.4, 0.5) is 0 Å². The van der Waals surface area contributed by atoms with Gasteiger partial charge in [-0.1, -0.05) is 29.8 Å². The van der Waals surface area contributed by atoms with Crippen LogP contribution in [-0.2, 0) is 5.60 Å². The Kier molecular flexibility index (Phi) is 3.25. The van der Waals surface area contributed by atoms with E-state index >= 15 is 0 Å². The van der Waals surface area contributed by atoms with E-state index < -0.39 is 5.60 Å². The number of nitrogens with zero attached hydrogens (tertiary/aromatic N) is 1. The zero-order valence-electron chi connectivity index (χ0n) is 9.99. The van der Waals surface area contributed by atoms with Crippen LogP contribution < -0.4 is 0 Å². The number of hydrogen-bond donors (Lipinski definition) is 1. The smallest absolute Gasteiger partial charge is 0.125 e. The average molecular weight is 268 g/mol. The molecule has 2 rings (SSSR count). The fraction of sp³-hybridized carbons (Fsp3) is 0.308. The molecule has 2 nitrogen and oxygen atoms in total. The third-order valence-corrected chi connectivity index (χ3v) is 4.29. The molecule has 1 N–H and O–H groups in total. The summed E-state index contributed by atoms with van der Waals surface area (Å²) in [5.74, 6) is 0. The molecule has 90 valence electrons. The van der Waals surface area contributed by atoms with Gasteiger partial charge in [-0.05, 0) is 26.8 Å². The number of aliphatic hydroxyl groups is 1. The van der Waals surface area contributed by atoms with E-state index in [1.54, 1.807) is 13.8 Å². The lowest BCUT2D eigenvalue weighted by molar-refractivity contribution is 0.0817. The molecule has 17 heavy (non-hydrogen) atoms. The molecule has 0 aliphatic carbocycles. The molecule has 0 fully saturated rings. The monoisotopic (exact) mass is 267 g/mol. The van der Waals surface area contributed by atoms with Crippen molar-refractivity contribution in [3.63, 3.8) is 0 Å². The third kappa shape index (κ3) is 2.51. The predicted molar refractivity (Wildman–Crippen MR) is 72.5 cm³/mol. The van der Waals surface area contributed by atoms with Gasteiger partial charge in [0, 0.05) is 5.56 Å². The largest absolute Gasteiger partial charge is 0.385 e. The Balaban J connectivity index is 2.53. The van der Waals surface area contributed by atoms with E-state index in [0.717, 1.165) is 21.1 Å². The highest BCUT2D eigenvalue weighted by molar-refractivity contribution is 7.15. The van der Waals surface area contributed by atoms with Gasteiger partial charge >= 0.3 is 0 Å². The Bertz CT molecular complexity index is 543. The van der Waals surface area contributed by atoms with Crippen molar-refractivity contribution < 1.29 is 5.11 Å². The molecular weight excluding hydrogens is 254 g/mol. The molecule has 0 spiro atoms. The molecule has 0 radical (unpaired) electrons. The van der Waals surface area contributed by atoms with E-state index in [1.165, 1.54) is 11.3 Å². The van der Waals surface area contributed by atoms with E-state index in [-0.39, 0.29) is 0 Å². The van der Waals surface area contributed by atoms with Gasteiger partial charge in [0.1, 0.15) is 5.01 Å². The Labute approximate surface area is 110 Å². The van der Waals surface area contributed by atoms with Crippen LogP contribution in [0.25, 0.3) is 10.6 Å². The minimum Gasteiger partial charge on any atom is -0.385 e. The van der Waals surface area contributed by atoms with E-state index in [2.05, 4.69) is 4.98 Å². The number of aromatic nitrogens is 1. The van der Waals surface area contributed by atoms with Gasteiger partial charge in [-0.25, -0.2) is 4.98 Å². The SMILES string of the molecule is Cc1nc(-c2ccccc2Cl)sc1C(C)(C)O. The lowest BCUT2D eigenvalue weighted by Gasteiger charge is -2.14. The van der Waals surface area contributed by atoms with Crippen LogP contribution in [0, 0.1) is 6.92 Å². The molecule has 0 unspecified atom stereocenters. The summed E-state index contributed by atoms with van der Waals surface area (Å²) in [6.07, 6.45) is 0. The van der Waals surface area contributed by atoms with E-state index in [9.17, 15) is 5.11 Å². The molecule has 0 bridgehead atoms. The summed E-state index contributed by atoms with van der Waals surface area (Å²) in [6, 6.07) is 7.61. The van der Waals surface area contributed by atoms with Crippen molar-refractivity contribution in [3.8, 4) is 10.6 Å². The van der Waals surface area contributed by atoms with Gasteiger partial charge in [0.15, 0.2) is 0 Å². The minimum atomic E-state index is -0.860. The number of benzene rings is 1. The lowest BCUT2D eigenvalue weighted by atomic mass is 10.1. The van der Waals surface area contributed by atoms with Gasteiger partial charge in [-0.2, -0.15) is 0 Å². The number of halogens is 1. The molecule has 1 aromatic heterocycles. The molecule has 0 aliphatic heterocycles. The summed E-state index contributed by atoms with van der Waals surface area (Å²) >= 11 is 7.63. The topological polar surface area (TPSA) is 33.1 Å². The zero-order valence-corrected chi connectivity index (χ0v) is 11.6. The molecule has 0 saturated carbocycles. The van der Waals surface area contributed by atoms with Gasteiger partial charge in [0.25, 0.3) is 0 Å². The van der Waals surface area contributed by atoms with Crippen LogP contribution in [0.1, 0.15) is 24.4 Å². The summed E-state index contributed by atoms with van der Waals surface area (Å²) < 4.78 is 0. The highest BCUT2D eigenvalue weighted by Crippen LogP contribution is 2.36. The predicted octanol–water partition coefficient (Wildman–Crippen LogP) is 4.00. The molecule has 1 heterocycles. The van der Waals surface area contributed by atoms with Gasteiger partial charge < -0.3 is 5.11 Å². The zero-order chi connectivity index (χ0) is 12.6. The summed E-state index contributed by atoms with van der Waals surface area (Å²) in [5.41, 5.74) is 0.913. The summed E-state index contributed by atoms with van der Waals surface area (Å²) in [6.45, 7) is 5.44. The normalized spacial score (nSPS) is 11.8. The second-order valence-electron chi connectivity index (χ2n) is 4.47. The molecule has 0 atom stereocenters. The first-order valence-electron chi connectivity index (χ1n) is 5.35. The summed E-state index contributed by atoms with van der Waals surface area (Å²) in [7, 11) is 0. The van der Waals surface area contributed by atoms with Crippen molar-refractivity contribution in [2.24, 2.45) is 0 Å². The first kappa shape index (κ1) is 12.6. The molecule has 0 aliphatic rings. The number of aryl methyl sites for hydroxylation is 1. The number of hydrogen-bond acceptors (Lipinski definition) is 3. The third-order valence-electron chi connectivity index (χ3n) is 2.46. The van der Waals surface area contributed by atoms with E-state index in [4.69, 9.17) is 11.6 Å². The van der Waals surface area contributed by atoms with Crippen molar-refractivity contribution in [3.05, 3.63) is 39.9 Å². The average Bonchev–Trinajstić information content (AvgIpc) is 2.60. The second kappa shape index (κ2) is 4.41. The van der Waals surface area contributed by atoms with Gasteiger partial charge in [-0.3, -0.25) is 0 Å². The maximum Gasteiger partial charge on any atom is 0.125 e. The van der Waals surface area contributed by atoms with Crippen LogP contribution in [0.5, 0.6) is 0 Å². The first-order chi connectivity index (χ1) is 7.89. The fourth-order valence-corrected chi connectivity index (χ4v) is 3.10. The minimum absolute atomic E-state index is 0.684. The Hall–Kier alpha value is -0.900. The molecule has 1 aromatic carbocycles. The van der Waals surface area contributed by atoms with Crippen molar-refractivity contribution in [1.29, 1.82) is 0 Å². The second-order valence-corrected chi connectivity index (χ2v) is 5.88. The van der Waals surface area contributed by atoms with E-state index in [1.807, 2.05) is 31.2 Å². The maximum absolute atomic E-state index is 10.0. The van der Waals surface area contributed by atoms with Crippen LogP contribution >= 0.6 is 22.9 Å². The van der Waals surface area contributed by atoms with Crippen LogP contribution in [0.15, 0.2) is 24.3 Å². The Morgan fingerprint density at radius 2 is 1.94 bits per heavy atom. The van der Waals surface area contributed by atoms with Crippen molar-refractivity contribution in [2.45, 2.75) is 26.4 Å². The molecule has 0 saturated heterocycles. The Morgan fingerprint density at radius 1 is 1.29 bits per heavy atom. The Morgan fingerprint density at radius 3 is 2.47 bits per heavy atom. The van der Waals surface area contributed by atoms with E-state index in [0.29, 0.717) is 5.02 Å². The summed E-state index contributed by atoms with van der Waals surface area (Å²) in [5, 5.41) is 11.6. The maximum atomic E-state index is 10.0. The molecule has 2 aromatic rings. The standard InChI is InChI=1S/C13H14ClNOS/c1-8-11(13(2,3)16)17-12(15-8)9-6-4-5-7-10(9)14/h4-7,16H,1-3H3. The number of rotatable bonds is 2. The van der Waals surface area contributed by atoms with Crippen LogP contribution in [0.3, 0.4) is 0 Å². The van der Waals surface area contributed by atoms with Crippen LogP contribution in [0.2, 0.25) is 5.02 Å². The van der Waals surface area contributed by atoms with Crippen molar-refractivity contribution >= 4 is 22.9 Å². The van der Waals surface area contributed by atoms with Crippen LogP contribution in [-0.4, -0.2) is 10.1 Å². The summed E-state index contributed by atoms with van der Waals surface area (Å²) in [4.78, 5) is 5.36. The molecule has 4 heteroatoms. The number of thiazole rings is 1. The molecule has 0 amide bonds. The van der Waals surface area contributed by atoms with Crippen molar-refractivity contribution in [2.75, 3.05) is 0 Å². The van der Waals surface area contributed by atoms with Gasteiger partial charge in [0.05, 0.1) is 21.2 Å². The van der Waals surface area contributed by atoms with Crippen molar-refractivity contribution in [1.82, 2.24) is 4.98 Å². The quantitative estimate of drug-likeness (QED) is 0.892. The van der Waals surface area contributed by atoms with Gasteiger partial charge in [-0.15, -0.1) is 11.3 Å². The highest BCUT2D eigenvalue weighted by Gasteiger charge is 2.23. The lowest BCUT2D eigenvalue weighted by Crippen LogP contribution is -2.14. The molecular formula is C13H14ClNOS. The fourth-order valence-electron chi connectivity index (χ4n) is 1.71. The first-order valence-corrected chi connectivity index (χ1v) is 6.54. The highest BCUT2D eigenvalue weighted by atomic mass is 35.5. The van der Waals surface area contributed by atoms with Gasteiger partial charge in [0.2, 0.25) is 0 Å².